The van der Waals surface area contributed by atoms with Crippen LogP contribution in [0.25, 0.3) is 0 Å². The van der Waals surface area contributed by atoms with Gasteiger partial charge in [0.15, 0.2) is 0 Å². The lowest BCUT2D eigenvalue weighted by molar-refractivity contribution is 0.179. The molecule has 0 bridgehead atoms. The zero-order chi connectivity index (χ0) is 10.1. The fourth-order valence-corrected chi connectivity index (χ4v) is 2.45. The van der Waals surface area contributed by atoms with Crippen molar-refractivity contribution in [1.29, 1.82) is 0 Å². The van der Waals surface area contributed by atoms with Gasteiger partial charge in [0.25, 0.3) is 0 Å². The van der Waals surface area contributed by atoms with Crippen LogP contribution in [0.5, 0.6) is 0 Å². The number of fused-ring (bicyclic) bond motifs is 1. The highest BCUT2D eigenvalue weighted by atomic mass is 16.2. The van der Waals surface area contributed by atoms with E-state index in [1.165, 1.54) is 0 Å². The molecule has 0 spiro atoms. The second-order valence-electron chi connectivity index (χ2n) is 4.54. The van der Waals surface area contributed by atoms with Crippen molar-refractivity contribution in [1.82, 2.24) is 9.80 Å². The Morgan fingerprint density at radius 3 is 2.14 bits per heavy atom. The molecule has 0 aromatic rings. The Labute approximate surface area is 85.4 Å². The largest absolute Gasteiger partial charge is 0.331 e. The molecule has 2 atom stereocenters. The van der Waals surface area contributed by atoms with Crippen LogP contribution in [0.15, 0.2) is 12.2 Å². The quantitative estimate of drug-likeness (QED) is 0.537. The van der Waals surface area contributed by atoms with E-state index < -0.39 is 0 Å². The molecular formula is C11H18N2O. The molecule has 1 heterocycles. The molecule has 1 aliphatic heterocycles. The zero-order valence-electron chi connectivity index (χ0n) is 8.94. The summed E-state index contributed by atoms with van der Waals surface area (Å²) in [4.78, 5) is 15.4. The third-order valence-electron chi connectivity index (χ3n) is 3.27. The van der Waals surface area contributed by atoms with Crippen molar-refractivity contribution in [3.8, 4) is 0 Å². The van der Waals surface area contributed by atoms with Gasteiger partial charge in [-0.3, -0.25) is 0 Å². The van der Waals surface area contributed by atoms with Crippen molar-refractivity contribution in [2.75, 3.05) is 27.2 Å². The molecule has 0 saturated carbocycles. The van der Waals surface area contributed by atoms with Crippen molar-refractivity contribution in [2.45, 2.75) is 12.8 Å². The molecule has 14 heavy (non-hydrogen) atoms. The summed E-state index contributed by atoms with van der Waals surface area (Å²) in [6.07, 6.45) is 6.82. The fraction of sp³-hybridized carbons (Fsp3) is 0.727. The van der Waals surface area contributed by atoms with E-state index in [2.05, 4.69) is 12.2 Å². The SMILES string of the molecule is CN(C)C(=O)N1CC2CC=CCC2C1. The van der Waals surface area contributed by atoms with Gasteiger partial charge in [0.1, 0.15) is 0 Å². The number of likely N-dealkylation sites (tertiary alicyclic amines) is 1. The molecule has 3 heteroatoms. The minimum absolute atomic E-state index is 0.166. The summed E-state index contributed by atoms with van der Waals surface area (Å²) in [6.45, 7) is 1.90. The van der Waals surface area contributed by atoms with Crippen LogP contribution >= 0.6 is 0 Å². The first kappa shape index (κ1) is 9.56. The minimum Gasteiger partial charge on any atom is -0.331 e. The molecule has 1 aliphatic carbocycles. The molecule has 2 rings (SSSR count). The van der Waals surface area contributed by atoms with Gasteiger partial charge in [0, 0.05) is 27.2 Å². The van der Waals surface area contributed by atoms with Crippen LogP contribution in [0.3, 0.4) is 0 Å². The lowest BCUT2D eigenvalue weighted by Gasteiger charge is -2.21. The highest BCUT2D eigenvalue weighted by Gasteiger charge is 2.35. The second kappa shape index (κ2) is 3.64. The van der Waals surface area contributed by atoms with E-state index in [0.29, 0.717) is 11.8 Å². The van der Waals surface area contributed by atoms with Gasteiger partial charge in [-0.15, -0.1) is 0 Å². The smallest absolute Gasteiger partial charge is 0.319 e. The molecule has 78 valence electrons. The van der Waals surface area contributed by atoms with Crippen LogP contribution in [0.4, 0.5) is 4.79 Å². The van der Waals surface area contributed by atoms with Crippen LogP contribution < -0.4 is 0 Å². The van der Waals surface area contributed by atoms with Gasteiger partial charge >= 0.3 is 6.03 Å². The highest BCUT2D eigenvalue weighted by molar-refractivity contribution is 5.74. The Bertz CT molecular complexity index is 244. The first-order chi connectivity index (χ1) is 6.68. The normalized spacial score (nSPS) is 30.3. The van der Waals surface area contributed by atoms with Crippen molar-refractivity contribution in [3.05, 3.63) is 12.2 Å². The number of carbonyl (C=O) groups is 1. The first-order valence-corrected chi connectivity index (χ1v) is 5.29. The molecule has 1 fully saturated rings. The average Bonchev–Trinajstić information content (AvgIpc) is 2.59. The third kappa shape index (κ3) is 1.63. The van der Waals surface area contributed by atoms with Crippen LogP contribution in [-0.2, 0) is 0 Å². The van der Waals surface area contributed by atoms with Gasteiger partial charge in [-0.1, -0.05) is 12.2 Å². The molecule has 3 nitrogen and oxygen atoms in total. The second-order valence-corrected chi connectivity index (χ2v) is 4.54. The minimum atomic E-state index is 0.166. The molecule has 2 amide bonds. The van der Waals surface area contributed by atoms with E-state index in [1.807, 2.05) is 19.0 Å². The summed E-state index contributed by atoms with van der Waals surface area (Å²) in [5, 5.41) is 0. The van der Waals surface area contributed by atoms with E-state index >= 15 is 0 Å². The van der Waals surface area contributed by atoms with Crippen LogP contribution in [0.2, 0.25) is 0 Å². The zero-order valence-corrected chi connectivity index (χ0v) is 8.94. The van der Waals surface area contributed by atoms with E-state index in [1.54, 1.807) is 4.90 Å². The summed E-state index contributed by atoms with van der Waals surface area (Å²) in [6, 6.07) is 0.166. The van der Waals surface area contributed by atoms with Gasteiger partial charge in [0.05, 0.1) is 0 Å². The fourth-order valence-electron chi connectivity index (χ4n) is 2.45. The van der Waals surface area contributed by atoms with E-state index in [9.17, 15) is 4.79 Å². The highest BCUT2D eigenvalue weighted by Crippen LogP contribution is 2.32. The number of urea groups is 1. The standard InChI is InChI=1S/C11H18N2O/c1-12(2)11(14)13-7-9-5-3-4-6-10(9)8-13/h3-4,9-10H,5-8H2,1-2H3. The van der Waals surface area contributed by atoms with Gasteiger partial charge < -0.3 is 9.80 Å². The van der Waals surface area contributed by atoms with Crippen LogP contribution in [-0.4, -0.2) is 43.0 Å². The molecule has 1 saturated heterocycles. The Kier molecular flexibility index (Phi) is 2.48. The molecule has 0 aromatic carbocycles. The number of amides is 2. The summed E-state index contributed by atoms with van der Waals surface area (Å²) < 4.78 is 0. The van der Waals surface area contributed by atoms with Crippen LogP contribution in [0.1, 0.15) is 12.8 Å². The maximum absolute atomic E-state index is 11.7. The number of carbonyl (C=O) groups excluding carboxylic acids is 1. The maximum atomic E-state index is 11.7. The number of hydrogen-bond donors (Lipinski definition) is 0. The van der Waals surface area contributed by atoms with Gasteiger partial charge in [-0.2, -0.15) is 0 Å². The predicted molar refractivity (Wildman–Crippen MR) is 56.0 cm³/mol. The van der Waals surface area contributed by atoms with E-state index in [-0.39, 0.29) is 6.03 Å². The lowest BCUT2D eigenvalue weighted by atomic mass is 9.86. The summed E-state index contributed by atoms with van der Waals surface area (Å²) in [5.74, 6) is 1.42. The molecular weight excluding hydrogens is 176 g/mol. The number of rotatable bonds is 0. The maximum Gasteiger partial charge on any atom is 0.319 e. The first-order valence-electron chi connectivity index (χ1n) is 5.29. The van der Waals surface area contributed by atoms with Crippen molar-refractivity contribution in [2.24, 2.45) is 11.8 Å². The third-order valence-corrected chi connectivity index (χ3v) is 3.27. The Hall–Kier alpha value is -0.990. The molecule has 2 unspecified atom stereocenters. The Morgan fingerprint density at radius 2 is 1.71 bits per heavy atom. The Morgan fingerprint density at radius 1 is 1.21 bits per heavy atom. The molecule has 0 aromatic heterocycles. The van der Waals surface area contributed by atoms with Crippen molar-refractivity contribution < 1.29 is 4.79 Å². The Balaban J connectivity index is 1.98. The van der Waals surface area contributed by atoms with E-state index in [0.717, 1.165) is 25.9 Å². The molecule has 0 radical (unpaired) electrons. The van der Waals surface area contributed by atoms with Gasteiger partial charge in [-0.25, -0.2) is 4.79 Å². The number of allylic oxidation sites excluding steroid dienone is 2. The summed E-state index contributed by atoms with van der Waals surface area (Å²) >= 11 is 0. The average molecular weight is 194 g/mol. The van der Waals surface area contributed by atoms with Crippen molar-refractivity contribution >= 4 is 6.03 Å². The number of nitrogens with zero attached hydrogens (tertiary/aromatic N) is 2. The van der Waals surface area contributed by atoms with E-state index in [4.69, 9.17) is 0 Å². The monoisotopic (exact) mass is 194 g/mol. The van der Waals surface area contributed by atoms with Gasteiger partial charge in [-0.05, 0) is 24.7 Å². The summed E-state index contributed by atoms with van der Waals surface area (Å²) in [7, 11) is 3.64. The van der Waals surface area contributed by atoms with Crippen LogP contribution in [0, 0.1) is 11.8 Å². The topological polar surface area (TPSA) is 23.6 Å². The van der Waals surface area contributed by atoms with Gasteiger partial charge in [0.2, 0.25) is 0 Å². The number of hydrogen-bond acceptors (Lipinski definition) is 1. The predicted octanol–water partition coefficient (Wildman–Crippen LogP) is 1.57. The summed E-state index contributed by atoms with van der Waals surface area (Å²) in [5.41, 5.74) is 0. The molecule has 2 aliphatic rings. The lowest BCUT2D eigenvalue weighted by Crippen LogP contribution is -2.37. The van der Waals surface area contributed by atoms with Crippen molar-refractivity contribution in [3.63, 3.8) is 0 Å². The molecule has 0 N–H and O–H groups in total.